The Morgan fingerprint density at radius 1 is 1.33 bits per heavy atom. The molecule has 0 radical (unpaired) electrons. The first-order valence-corrected chi connectivity index (χ1v) is 9.82. The maximum absolute atomic E-state index is 13.2. The fourth-order valence-corrected chi connectivity index (χ4v) is 5.09. The van der Waals surface area contributed by atoms with Crippen LogP contribution in [0.3, 0.4) is 0 Å². The van der Waals surface area contributed by atoms with Gasteiger partial charge in [0, 0.05) is 23.5 Å². The summed E-state index contributed by atoms with van der Waals surface area (Å²) in [6.45, 7) is 3.77. The maximum atomic E-state index is 13.2. The van der Waals surface area contributed by atoms with E-state index in [1.54, 1.807) is 31.3 Å². The molecule has 0 bridgehead atoms. The molecule has 0 spiro atoms. The van der Waals surface area contributed by atoms with E-state index in [1.165, 1.54) is 4.57 Å². The highest BCUT2D eigenvalue weighted by molar-refractivity contribution is 6.06. The van der Waals surface area contributed by atoms with Crippen molar-refractivity contribution in [3.8, 4) is 6.07 Å². The minimum absolute atomic E-state index is 0.0502. The molecule has 2 atom stereocenters. The van der Waals surface area contributed by atoms with Gasteiger partial charge >= 0.3 is 5.97 Å². The van der Waals surface area contributed by atoms with Crippen molar-refractivity contribution in [2.24, 2.45) is 24.1 Å². The second-order valence-corrected chi connectivity index (χ2v) is 8.75. The Morgan fingerprint density at radius 2 is 2.00 bits per heavy atom. The van der Waals surface area contributed by atoms with Crippen LogP contribution in [0.4, 0.5) is 0 Å². The molecule has 4 N–H and O–H groups in total. The molecule has 158 valence electrons. The Morgan fingerprint density at radius 3 is 2.60 bits per heavy atom. The quantitative estimate of drug-likeness (QED) is 0.648. The summed E-state index contributed by atoms with van der Waals surface area (Å²) in [5.41, 5.74) is 5.01. The molecule has 1 aliphatic carbocycles. The van der Waals surface area contributed by atoms with E-state index in [0.717, 1.165) is 0 Å². The number of primary amides is 1. The summed E-state index contributed by atoms with van der Waals surface area (Å²) in [5.74, 6) is -3.26. The molecule has 1 saturated carbocycles. The molecule has 8 heteroatoms. The highest BCUT2D eigenvalue weighted by atomic mass is 16.4. The van der Waals surface area contributed by atoms with Crippen LogP contribution < -0.4 is 11.1 Å². The topological polar surface area (TPSA) is 138 Å². The summed E-state index contributed by atoms with van der Waals surface area (Å²) in [4.78, 5) is 38.5. The molecular weight excluding hydrogens is 384 g/mol. The third-order valence-electron chi connectivity index (χ3n) is 6.32. The van der Waals surface area contributed by atoms with E-state index in [-0.39, 0.29) is 29.6 Å². The Kier molecular flexibility index (Phi) is 5.33. The van der Waals surface area contributed by atoms with Crippen LogP contribution in [-0.4, -0.2) is 34.0 Å². The largest absolute Gasteiger partial charge is 0.477 e. The molecule has 30 heavy (non-hydrogen) atoms. The number of aromatic carboxylic acids is 1. The van der Waals surface area contributed by atoms with Crippen molar-refractivity contribution in [2.45, 2.75) is 38.5 Å². The number of carboxylic acid groups (broad SMARTS) is 1. The number of hydrogen-bond acceptors (Lipinski definition) is 4. The number of hydrogen-bond donors (Lipinski definition) is 3. The van der Waals surface area contributed by atoms with Gasteiger partial charge in [-0.2, -0.15) is 5.26 Å². The van der Waals surface area contributed by atoms with Gasteiger partial charge in [0.25, 0.3) is 0 Å². The number of fused-ring (bicyclic) bond motifs is 1. The lowest BCUT2D eigenvalue weighted by atomic mass is 9.54. The molecule has 2 amide bonds. The summed E-state index contributed by atoms with van der Waals surface area (Å²) in [7, 11) is 1.63. The number of para-hydroxylation sites is 1. The maximum Gasteiger partial charge on any atom is 0.352 e. The molecule has 1 aromatic carbocycles. The van der Waals surface area contributed by atoms with Crippen LogP contribution in [0.2, 0.25) is 0 Å². The molecule has 1 aromatic heterocycles. The lowest BCUT2D eigenvalue weighted by molar-refractivity contribution is -0.139. The number of aryl methyl sites for hydroxylation is 1. The third kappa shape index (κ3) is 3.20. The van der Waals surface area contributed by atoms with Gasteiger partial charge in [0.05, 0.1) is 17.4 Å². The number of carbonyl (C=O) groups is 3. The number of carboxylic acids is 1. The number of aromatic nitrogens is 1. The standard InChI is InChI=1S/C22H26N4O4/c1-21(2)9-8-14(18(27)25-11-10-23)22(12-21,20(24)30)16-13-6-4-5-7-15(13)26(3)17(16)19(28)29/h4-7,14H,8-9,11-12H2,1-3H3,(H2,24,30)(H,25,27)(H,28,29)/t14-,22-/m0/s1. The summed E-state index contributed by atoms with van der Waals surface area (Å²) >= 11 is 0. The zero-order valence-electron chi connectivity index (χ0n) is 17.4. The number of nitriles is 1. The Hall–Kier alpha value is -3.34. The van der Waals surface area contributed by atoms with Crippen LogP contribution in [0.15, 0.2) is 24.3 Å². The molecule has 1 fully saturated rings. The fraction of sp³-hybridized carbons (Fsp3) is 0.455. The van der Waals surface area contributed by atoms with Gasteiger partial charge in [-0.05, 0) is 30.7 Å². The van der Waals surface area contributed by atoms with Crippen molar-refractivity contribution < 1.29 is 19.5 Å². The van der Waals surface area contributed by atoms with Gasteiger partial charge in [0.1, 0.15) is 12.2 Å². The van der Waals surface area contributed by atoms with E-state index in [0.29, 0.717) is 23.7 Å². The SMILES string of the molecule is Cn1c(C(=O)O)c([C@]2(C(N)=O)CC(C)(C)CC[C@H]2C(=O)NCC#N)c2ccccc21. The van der Waals surface area contributed by atoms with Crippen molar-refractivity contribution in [1.82, 2.24) is 9.88 Å². The van der Waals surface area contributed by atoms with Crippen LogP contribution in [-0.2, 0) is 22.1 Å². The first-order chi connectivity index (χ1) is 14.1. The predicted molar refractivity (Wildman–Crippen MR) is 110 cm³/mol. The monoisotopic (exact) mass is 410 g/mol. The van der Waals surface area contributed by atoms with Crippen LogP contribution in [0, 0.1) is 22.7 Å². The van der Waals surface area contributed by atoms with E-state index in [1.807, 2.05) is 19.9 Å². The summed E-state index contributed by atoms with van der Waals surface area (Å²) in [6.07, 6.45) is 1.25. The van der Waals surface area contributed by atoms with Gasteiger partial charge in [-0.25, -0.2) is 4.79 Å². The highest BCUT2D eigenvalue weighted by Gasteiger charge is 2.57. The number of benzene rings is 1. The predicted octanol–water partition coefficient (Wildman–Crippen LogP) is 2.07. The lowest BCUT2D eigenvalue weighted by Gasteiger charge is -2.47. The number of carbonyl (C=O) groups excluding carboxylic acids is 2. The van der Waals surface area contributed by atoms with Crippen LogP contribution in [0.25, 0.3) is 10.9 Å². The Labute approximate surface area is 174 Å². The second kappa shape index (κ2) is 7.48. The highest BCUT2D eigenvalue weighted by Crippen LogP contribution is 2.53. The molecule has 0 unspecified atom stereocenters. The van der Waals surface area contributed by atoms with Gasteiger partial charge in [0.15, 0.2) is 0 Å². The lowest BCUT2D eigenvalue weighted by Crippen LogP contribution is -2.57. The molecule has 3 rings (SSSR count). The molecule has 0 saturated heterocycles. The fourth-order valence-electron chi connectivity index (χ4n) is 5.09. The van der Waals surface area contributed by atoms with Crippen molar-refractivity contribution in [3.05, 3.63) is 35.5 Å². The zero-order valence-corrected chi connectivity index (χ0v) is 17.4. The Bertz CT molecular complexity index is 1080. The molecule has 1 heterocycles. The van der Waals surface area contributed by atoms with E-state index in [9.17, 15) is 19.5 Å². The van der Waals surface area contributed by atoms with Crippen LogP contribution >= 0.6 is 0 Å². The van der Waals surface area contributed by atoms with Crippen molar-refractivity contribution in [2.75, 3.05) is 6.54 Å². The van der Waals surface area contributed by atoms with E-state index >= 15 is 0 Å². The van der Waals surface area contributed by atoms with Crippen molar-refractivity contribution in [3.63, 3.8) is 0 Å². The molecule has 1 aliphatic rings. The van der Waals surface area contributed by atoms with Gasteiger partial charge in [-0.15, -0.1) is 0 Å². The van der Waals surface area contributed by atoms with Gasteiger partial charge < -0.3 is 20.7 Å². The molecular formula is C22H26N4O4. The summed E-state index contributed by atoms with van der Waals surface area (Å²) in [6, 6.07) is 8.96. The number of amides is 2. The summed E-state index contributed by atoms with van der Waals surface area (Å²) in [5, 5.41) is 22.1. The van der Waals surface area contributed by atoms with Gasteiger partial charge in [0.2, 0.25) is 11.8 Å². The second-order valence-electron chi connectivity index (χ2n) is 8.75. The van der Waals surface area contributed by atoms with Crippen LogP contribution in [0.1, 0.15) is 49.2 Å². The average molecular weight is 410 g/mol. The number of nitrogens with one attached hydrogen (secondary N) is 1. The van der Waals surface area contributed by atoms with Gasteiger partial charge in [-0.3, -0.25) is 9.59 Å². The number of nitrogens with zero attached hydrogens (tertiary/aromatic N) is 2. The molecule has 2 aromatic rings. The minimum Gasteiger partial charge on any atom is -0.477 e. The smallest absolute Gasteiger partial charge is 0.352 e. The van der Waals surface area contributed by atoms with Crippen molar-refractivity contribution >= 4 is 28.7 Å². The number of rotatable bonds is 5. The van der Waals surface area contributed by atoms with E-state index in [4.69, 9.17) is 11.0 Å². The minimum atomic E-state index is -1.52. The van der Waals surface area contributed by atoms with Crippen molar-refractivity contribution in [1.29, 1.82) is 5.26 Å². The third-order valence-corrected chi connectivity index (χ3v) is 6.32. The Balaban J connectivity index is 2.40. The first-order valence-electron chi connectivity index (χ1n) is 9.82. The zero-order chi connectivity index (χ0) is 22.3. The first kappa shape index (κ1) is 21.4. The molecule has 8 nitrogen and oxygen atoms in total. The normalized spacial score (nSPS) is 22.9. The van der Waals surface area contributed by atoms with E-state index < -0.39 is 29.1 Å². The molecule has 0 aliphatic heterocycles. The average Bonchev–Trinajstić information content (AvgIpc) is 2.98. The van der Waals surface area contributed by atoms with E-state index in [2.05, 4.69) is 5.32 Å². The number of nitrogens with two attached hydrogens (primary N) is 1. The van der Waals surface area contributed by atoms with Crippen LogP contribution in [0.5, 0.6) is 0 Å². The summed E-state index contributed by atoms with van der Waals surface area (Å²) < 4.78 is 1.53. The van der Waals surface area contributed by atoms with Gasteiger partial charge in [-0.1, -0.05) is 32.0 Å².